The maximum absolute atomic E-state index is 13.5. The molecule has 0 aliphatic carbocycles. The van der Waals surface area contributed by atoms with Crippen LogP contribution >= 0.6 is 0 Å². The van der Waals surface area contributed by atoms with Crippen molar-refractivity contribution in [2.45, 2.75) is 25.3 Å². The lowest BCUT2D eigenvalue weighted by atomic mass is 9.96. The summed E-state index contributed by atoms with van der Waals surface area (Å²) in [5.74, 6) is 0.0226. The van der Waals surface area contributed by atoms with Crippen LogP contribution in [0.25, 0.3) is 11.1 Å². The molecule has 1 fully saturated rings. The van der Waals surface area contributed by atoms with Crippen LogP contribution in [0.4, 0.5) is 10.5 Å². The maximum Gasteiger partial charge on any atom is 0.319 e. The van der Waals surface area contributed by atoms with Gasteiger partial charge in [0.2, 0.25) is 0 Å². The van der Waals surface area contributed by atoms with Gasteiger partial charge in [-0.25, -0.2) is 4.79 Å². The minimum Gasteiger partial charge on any atom is -0.336 e. The minimum absolute atomic E-state index is 0.0217. The number of anilines is 1. The monoisotopic (exact) mass is 413 g/mol. The van der Waals surface area contributed by atoms with Crippen molar-refractivity contribution >= 4 is 17.6 Å². The maximum atomic E-state index is 13.5. The fraction of sp³-hybridized carbons (Fsp3) is 0.231. The summed E-state index contributed by atoms with van der Waals surface area (Å²) in [5, 5.41) is 5.77. The van der Waals surface area contributed by atoms with E-state index in [1.165, 1.54) is 0 Å². The van der Waals surface area contributed by atoms with E-state index >= 15 is 0 Å². The molecule has 1 unspecified atom stereocenters. The van der Waals surface area contributed by atoms with Crippen LogP contribution in [0.15, 0.2) is 84.9 Å². The average Bonchev–Trinajstić information content (AvgIpc) is 2.84. The topological polar surface area (TPSA) is 61.4 Å². The standard InChI is InChI=1S/C26H27N3O2/c30-25(24-17-8-7-16-23(24)20-11-3-1-4-12-20)29-18-10-9-15-22(29)19-27-26(31)28-21-13-5-2-6-14-21/h1-8,11-14,16-17,22H,9-10,15,18-19H2,(H2,27,28,31). The lowest BCUT2D eigenvalue weighted by Crippen LogP contribution is -2.50. The van der Waals surface area contributed by atoms with E-state index in [4.69, 9.17) is 0 Å². The lowest BCUT2D eigenvalue weighted by molar-refractivity contribution is 0.0616. The van der Waals surface area contributed by atoms with Gasteiger partial charge in [0, 0.05) is 30.4 Å². The third kappa shape index (κ3) is 5.12. The summed E-state index contributed by atoms with van der Waals surface area (Å²) in [6.07, 6.45) is 2.91. The normalized spacial score (nSPS) is 15.9. The van der Waals surface area contributed by atoms with Gasteiger partial charge >= 0.3 is 6.03 Å². The van der Waals surface area contributed by atoms with Crippen molar-refractivity contribution in [1.82, 2.24) is 10.2 Å². The number of hydrogen-bond donors (Lipinski definition) is 2. The summed E-state index contributed by atoms with van der Waals surface area (Å²) in [5.41, 5.74) is 3.41. The van der Waals surface area contributed by atoms with Gasteiger partial charge in [0.15, 0.2) is 0 Å². The SMILES string of the molecule is O=C(NCC1CCCCN1C(=O)c1ccccc1-c1ccccc1)Nc1ccccc1. The van der Waals surface area contributed by atoms with Crippen LogP contribution in [0.2, 0.25) is 0 Å². The number of urea groups is 1. The van der Waals surface area contributed by atoms with Crippen LogP contribution in [0.1, 0.15) is 29.6 Å². The van der Waals surface area contributed by atoms with Crippen molar-refractivity contribution in [3.63, 3.8) is 0 Å². The summed E-state index contributed by atoms with van der Waals surface area (Å²) in [7, 11) is 0. The summed E-state index contributed by atoms with van der Waals surface area (Å²) in [6.45, 7) is 1.13. The van der Waals surface area contributed by atoms with E-state index in [0.29, 0.717) is 18.7 Å². The predicted molar refractivity (Wildman–Crippen MR) is 124 cm³/mol. The molecule has 158 valence electrons. The Labute approximate surface area is 183 Å². The first-order chi connectivity index (χ1) is 15.2. The molecule has 3 aromatic carbocycles. The third-order valence-corrected chi connectivity index (χ3v) is 5.66. The second kappa shape index (κ2) is 9.94. The number of piperidine rings is 1. The molecule has 0 bridgehead atoms. The average molecular weight is 414 g/mol. The van der Waals surface area contributed by atoms with Crippen LogP contribution in [0.5, 0.6) is 0 Å². The highest BCUT2D eigenvalue weighted by atomic mass is 16.2. The Morgan fingerprint density at radius 1 is 0.839 bits per heavy atom. The summed E-state index contributed by atoms with van der Waals surface area (Å²) < 4.78 is 0. The highest BCUT2D eigenvalue weighted by Crippen LogP contribution is 2.27. The Hall–Kier alpha value is -3.60. The molecule has 1 aliphatic heterocycles. The molecule has 0 saturated carbocycles. The molecule has 3 amide bonds. The first-order valence-corrected chi connectivity index (χ1v) is 10.8. The second-order valence-corrected chi connectivity index (χ2v) is 7.76. The van der Waals surface area contributed by atoms with Crippen LogP contribution in [0, 0.1) is 0 Å². The lowest BCUT2D eigenvalue weighted by Gasteiger charge is -2.36. The van der Waals surface area contributed by atoms with Gasteiger partial charge in [0.25, 0.3) is 5.91 Å². The van der Waals surface area contributed by atoms with E-state index in [1.54, 1.807) is 0 Å². The number of carbonyl (C=O) groups is 2. The fourth-order valence-corrected chi connectivity index (χ4v) is 4.08. The van der Waals surface area contributed by atoms with Gasteiger partial charge in [0.1, 0.15) is 0 Å². The van der Waals surface area contributed by atoms with Gasteiger partial charge in [-0.15, -0.1) is 0 Å². The third-order valence-electron chi connectivity index (χ3n) is 5.66. The largest absolute Gasteiger partial charge is 0.336 e. The first-order valence-electron chi connectivity index (χ1n) is 10.8. The molecule has 1 atom stereocenters. The van der Waals surface area contributed by atoms with Gasteiger partial charge in [-0.3, -0.25) is 4.79 Å². The number of likely N-dealkylation sites (tertiary alicyclic amines) is 1. The van der Waals surface area contributed by atoms with Crippen molar-refractivity contribution in [3.8, 4) is 11.1 Å². The zero-order valence-electron chi connectivity index (χ0n) is 17.5. The van der Waals surface area contributed by atoms with E-state index in [-0.39, 0.29) is 18.0 Å². The van der Waals surface area contributed by atoms with Gasteiger partial charge in [-0.1, -0.05) is 66.7 Å². The molecule has 0 radical (unpaired) electrons. The van der Waals surface area contributed by atoms with Crippen LogP contribution in [-0.4, -0.2) is 36.0 Å². The van der Waals surface area contributed by atoms with Crippen LogP contribution in [0.3, 0.4) is 0 Å². The Bertz CT molecular complexity index is 1020. The quantitative estimate of drug-likeness (QED) is 0.606. The zero-order chi connectivity index (χ0) is 21.5. The minimum atomic E-state index is -0.256. The number of carbonyl (C=O) groups excluding carboxylic acids is 2. The molecular weight excluding hydrogens is 386 g/mol. The highest BCUT2D eigenvalue weighted by Gasteiger charge is 2.29. The van der Waals surface area contributed by atoms with Crippen molar-refractivity contribution < 1.29 is 9.59 Å². The summed E-state index contributed by atoms with van der Waals surface area (Å²) in [4.78, 5) is 27.8. The molecule has 2 N–H and O–H groups in total. The number of amides is 3. The zero-order valence-corrected chi connectivity index (χ0v) is 17.5. The fourth-order valence-electron chi connectivity index (χ4n) is 4.08. The first kappa shape index (κ1) is 20.7. The highest BCUT2D eigenvalue weighted by molar-refractivity contribution is 6.01. The van der Waals surface area contributed by atoms with E-state index in [2.05, 4.69) is 10.6 Å². The van der Waals surface area contributed by atoms with Crippen molar-refractivity contribution in [2.24, 2.45) is 0 Å². The van der Waals surface area contributed by atoms with Crippen molar-refractivity contribution in [2.75, 3.05) is 18.4 Å². The number of para-hydroxylation sites is 1. The number of benzene rings is 3. The van der Waals surface area contributed by atoms with E-state index in [1.807, 2.05) is 89.8 Å². The van der Waals surface area contributed by atoms with Gasteiger partial charge in [0.05, 0.1) is 0 Å². The number of rotatable bonds is 5. The number of hydrogen-bond acceptors (Lipinski definition) is 2. The molecule has 1 saturated heterocycles. The van der Waals surface area contributed by atoms with E-state index in [0.717, 1.165) is 36.1 Å². The molecule has 3 aromatic rings. The van der Waals surface area contributed by atoms with Gasteiger partial charge in [-0.2, -0.15) is 0 Å². The van der Waals surface area contributed by atoms with E-state index in [9.17, 15) is 9.59 Å². The molecule has 31 heavy (non-hydrogen) atoms. The Morgan fingerprint density at radius 3 is 2.29 bits per heavy atom. The van der Waals surface area contributed by atoms with Crippen molar-refractivity contribution in [3.05, 3.63) is 90.5 Å². The van der Waals surface area contributed by atoms with Gasteiger partial charge < -0.3 is 15.5 Å². The van der Waals surface area contributed by atoms with Gasteiger partial charge in [-0.05, 0) is 48.6 Å². The molecule has 1 heterocycles. The Morgan fingerprint density at radius 2 is 1.52 bits per heavy atom. The smallest absolute Gasteiger partial charge is 0.319 e. The molecule has 5 heteroatoms. The van der Waals surface area contributed by atoms with Crippen LogP contribution < -0.4 is 10.6 Å². The molecular formula is C26H27N3O2. The summed E-state index contributed by atoms with van der Waals surface area (Å²) >= 11 is 0. The molecule has 0 spiro atoms. The Kier molecular flexibility index (Phi) is 6.62. The second-order valence-electron chi connectivity index (χ2n) is 7.76. The predicted octanol–water partition coefficient (Wildman–Crippen LogP) is 5.17. The van der Waals surface area contributed by atoms with Crippen molar-refractivity contribution in [1.29, 1.82) is 0 Å². The number of nitrogens with one attached hydrogen (secondary N) is 2. The molecule has 5 nitrogen and oxygen atoms in total. The van der Waals surface area contributed by atoms with E-state index < -0.39 is 0 Å². The number of nitrogens with zero attached hydrogens (tertiary/aromatic N) is 1. The Balaban J connectivity index is 1.47. The van der Waals surface area contributed by atoms with Crippen LogP contribution in [-0.2, 0) is 0 Å². The summed E-state index contributed by atoms with van der Waals surface area (Å²) in [6, 6.07) is 26.8. The molecule has 1 aliphatic rings. The molecule has 0 aromatic heterocycles. The molecule has 4 rings (SSSR count).